The predicted octanol–water partition coefficient (Wildman–Crippen LogP) is 4.17. The molecule has 2 aromatic heterocycles. The first-order valence-electron chi connectivity index (χ1n) is 7.63. The molecule has 0 aliphatic rings. The van der Waals surface area contributed by atoms with E-state index in [1.807, 2.05) is 0 Å². The third kappa shape index (κ3) is 5.15. The second kappa shape index (κ2) is 6.62. The molecule has 0 aromatic carbocycles. The smallest absolute Gasteiger partial charge is 0.425 e. The molecule has 9 heteroatoms. The van der Waals surface area contributed by atoms with E-state index in [1.165, 1.54) is 10.6 Å². The molecule has 0 bridgehead atoms. The second-order valence-electron chi connectivity index (χ2n) is 7.37. The normalized spacial score (nSPS) is 12.1. The molecule has 0 fully saturated rings. The van der Waals surface area contributed by atoms with Crippen LogP contribution in [0.1, 0.15) is 41.5 Å². The molecule has 0 aliphatic heterocycles. The van der Waals surface area contributed by atoms with Gasteiger partial charge < -0.3 is 9.47 Å². The van der Waals surface area contributed by atoms with Gasteiger partial charge in [-0.2, -0.15) is 4.90 Å². The molecule has 0 unspecified atom stereocenters. The Labute approximate surface area is 154 Å². The van der Waals surface area contributed by atoms with Crippen molar-refractivity contribution in [2.45, 2.75) is 52.7 Å². The van der Waals surface area contributed by atoms with Crippen LogP contribution in [-0.4, -0.2) is 38.0 Å². The first-order chi connectivity index (χ1) is 11.4. The number of anilines is 1. The monoisotopic (exact) mass is 412 g/mol. The van der Waals surface area contributed by atoms with Crippen molar-refractivity contribution in [2.24, 2.45) is 0 Å². The number of halogens is 1. The standard InChI is InChI=1S/C16H21BrN4O4/c1-15(2,3)24-13(22)21(14(23)25-16(4,5)6)12-7-11-18-8-10(17)9-20(11)19-12/h7-9H,1-6H3. The number of aromatic nitrogens is 3. The zero-order valence-corrected chi connectivity index (χ0v) is 16.6. The maximum atomic E-state index is 12.6. The third-order valence-corrected chi connectivity index (χ3v) is 3.06. The Morgan fingerprint density at radius 1 is 1.08 bits per heavy atom. The van der Waals surface area contributed by atoms with Crippen LogP contribution in [0.2, 0.25) is 0 Å². The highest BCUT2D eigenvalue weighted by Gasteiger charge is 2.34. The summed E-state index contributed by atoms with van der Waals surface area (Å²) >= 11 is 3.30. The lowest BCUT2D eigenvalue weighted by molar-refractivity contribution is 0.0429. The van der Waals surface area contributed by atoms with Crippen LogP contribution in [0.4, 0.5) is 15.4 Å². The van der Waals surface area contributed by atoms with Crippen molar-refractivity contribution < 1.29 is 19.1 Å². The molecule has 0 atom stereocenters. The van der Waals surface area contributed by atoms with Crippen LogP contribution >= 0.6 is 15.9 Å². The van der Waals surface area contributed by atoms with Crippen molar-refractivity contribution in [3.8, 4) is 0 Å². The molecular formula is C16H21BrN4O4. The molecule has 0 saturated heterocycles. The predicted molar refractivity (Wildman–Crippen MR) is 95.6 cm³/mol. The summed E-state index contributed by atoms with van der Waals surface area (Å²) in [7, 11) is 0. The van der Waals surface area contributed by atoms with Gasteiger partial charge in [-0.3, -0.25) is 0 Å². The van der Waals surface area contributed by atoms with Gasteiger partial charge >= 0.3 is 12.2 Å². The Morgan fingerprint density at radius 3 is 2.08 bits per heavy atom. The molecule has 2 aromatic rings. The van der Waals surface area contributed by atoms with E-state index in [0.29, 0.717) is 10.1 Å². The molecule has 2 rings (SSSR count). The number of carbonyl (C=O) groups is 2. The van der Waals surface area contributed by atoms with Gasteiger partial charge in [0.2, 0.25) is 0 Å². The summed E-state index contributed by atoms with van der Waals surface area (Å²) in [4.78, 5) is 30.0. The summed E-state index contributed by atoms with van der Waals surface area (Å²) in [5.74, 6) is 0.0640. The molecule has 25 heavy (non-hydrogen) atoms. The van der Waals surface area contributed by atoms with Gasteiger partial charge in [-0.25, -0.2) is 19.1 Å². The molecule has 0 aliphatic carbocycles. The highest BCUT2D eigenvalue weighted by Crippen LogP contribution is 2.22. The first kappa shape index (κ1) is 19.2. The van der Waals surface area contributed by atoms with E-state index in [-0.39, 0.29) is 5.82 Å². The molecule has 136 valence electrons. The van der Waals surface area contributed by atoms with Gasteiger partial charge in [-0.1, -0.05) is 0 Å². The average Bonchev–Trinajstić information content (AvgIpc) is 2.76. The van der Waals surface area contributed by atoms with Crippen molar-refractivity contribution in [1.29, 1.82) is 0 Å². The molecule has 2 amide bonds. The van der Waals surface area contributed by atoms with Gasteiger partial charge in [0, 0.05) is 18.5 Å². The lowest BCUT2D eigenvalue weighted by Gasteiger charge is -2.27. The summed E-state index contributed by atoms with van der Waals surface area (Å²) < 4.78 is 12.8. The van der Waals surface area contributed by atoms with Crippen LogP contribution in [0, 0.1) is 0 Å². The lowest BCUT2D eigenvalue weighted by atomic mass is 10.2. The van der Waals surface area contributed by atoms with Crippen molar-refractivity contribution in [3.05, 3.63) is 22.9 Å². The van der Waals surface area contributed by atoms with E-state index < -0.39 is 23.4 Å². The van der Waals surface area contributed by atoms with Crippen LogP contribution in [0.5, 0.6) is 0 Å². The molecule has 0 radical (unpaired) electrons. The van der Waals surface area contributed by atoms with Gasteiger partial charge in [0.05, 0.1) is 4.47 Å². The van der Waals surface area contributed by atoms with Crippen molar-refractivity contribution in [1.82, 2.24) is 14.6 Å². The molecule has 0 N–H and O–H groups in total. The van der Waals surface area contributed by atoms with Crippen LogP contribution in [0.15, 0.2) is 22.9 Å². The highest BCUT2D eigenvalue weighted by molar-refractivity contribution is 9.10. The maximum absolute atomic E-state index is 12.6. The average molecular weight is 413 g/mol. The minimum Gasteiger partial charge on any atom is -0.443 e. The van der Waals surface area contributed by atoms with Crippen LogP contribution in [0.25, 0.3) is 5.65 Å². The Morgan fingerprint density at radius 2 is 1.60 bits per heavy atom. The molecule has 0 spiro atoms. The number of nitrogens with zero attached hydrogens (tertiary/aromatic N) is 4. The maximum Gasteiger partial charge on any atom is 0.425 e. The fourth-order valence-electron chi connectivity index (χ4n) is 1.83. The van der Waals surface area contributed by atoms with E-state index in [4.69, 9.17) is 9.47 Å². The number of rotatable bonds is 1. The Balaban J connectivity index is 2.44. The van der Waals surface area contributed by atoms with Gasteiger partial charge in [0.25, 0.3) is 0 Å². The number of imide groups is 1. The number of carbonyl (C=O) groups excluding carboxylic acids is 2. The Kier molecular flexibility index (Phi) is 5.08. The second-order valence-corrected chi connectivity index (χ2v) is 8.29. The van der Waals surface area contributed by atoms with E-state index in [1.54, 1.807) is 53.9 Å². The van der Waals surface area contributed by atoms with Crippen LogP contribution < -0.4 is 4.90 Å². The quantitative estimate of drug-likeness (QED) is 0.698. The van der Waals surface area contributed by atoms with Crippen molar-refractivity contribution in [3.63, 3.8) is 0 Å². The number of hydrogen-bond acceptors (Lipinski definition) is 6. The zero-order valence-electron chi connectivity index (χ0n) is 15.0. The number of fused-ring (bicyclic) bond motifs is 1. The summed E-state index contributed by atoms with van der Waals surface area (Å²) in [5.41, 5.74) is -1.09. The number of amides is 2. The minimum absolute atomic E-state index is 0.0640. The summed E-state index contributed by atoms with van der Waals surface area (Å²) in [6.45, 7) is 10.3. The fraction of sp³-hybridized carbons (Fsp3) is 0.500. The largest absolute Gasteiger partial charge is 0.443 e. The van der Waals surface area contributed by atoms with Gasteiger partial charge in [-0.15, -0.1) is 5.10 Å². The summed E-state index contributed by atoms with van der Waals surface area (Å²) in [6.07, 6.45) is 1.51. The summed E-state index contributed by atoms with van der Waals surface area (Å²) in [6, 6.07) is 1.50. The molecule has 2 heterocycles. The van der Waals surface area contributed by atoms with Crippen molar-refractivity contribution in [2.75, 3.05) is 4.90 Å². The Hall–Kier alpha value is -2.16. The van der Waals surface area contributed by atoms with Crippen LogP contribution in [0.3, 0.4) is 0 Å². The van der Waals surface area contributed by atoms with Gasteiger partial charge in [0.1, 0.15) is 11.2 Å². The molecular weight excluding hydrogens is 392 g/mol. The van der Waals surface area contributed by atoms with Crippen LogP contribution in [-0.2, 0) is 9.47 Å². The third-order valence-electron chi connectivity index (χ3n) is 2.65. The van der Waals surface area contributed by atoms with E-state index in [0.717, 1.165) is 4.90 Å². The van der Waals surface area contributed by atoms with E-state index >= 15 is 0 Å². The molecule has 0 saturated carbocycles. The first-order valence-corrected chi connectivity index (χ1v) is 8.42. The molecule has 8 nitrogen and oxygen atoms in total. The minimum atomic E-state index is -0.871. The Bertz CT molecular complexity index is 777. The fourth-order valence-corrected chi connectivity index (χ4v) is 2.12. The number of hydrogen-bond donors (Lipinski definition) is 0. The zero-order chi connectivity index (χ0) is 19.0. The SMILES string of the molecule is CC(C)(C)OC(=O)N(C(=O)OC(C)(C)C)c1cc2ncc(Br)cn2n1. The van der Waals surface area contributed by atoms with Crippen molar-refractivity contribution >= 4 is 39.6 Å². The van der Waals surface area contributed by atoms with E-state index in [2.05, 4.69) is 26.0 Å². The number of ether oxygens (including phenoxy) is 2. The highest BCUT2D eigenvalue weighted by atomic mass is 79.9. The van der Waals surface area contributed by atoms with E-state index in [9.17, 15) is 9.59 Å². The summed E-state index contributed by atoms with van der Waals surface area (Å²) in [5, 5.41) is 4.22. The van der Waals surface area contributed by atoms with Gasteiger partial charge in [-0.05, 0) is 57.5 Å². The topological polar surface area (TPSA) is 86.0 Å². The van der Waals surface area contributed by atoms with Gasteiger partial charge in [0.15, 0.2) is 11.5 Å². The lowest BCUT2D eigenvalue weighted by Crippen LogP contribution is -2.44.